The number of allylic oxidation sites excluding steroid dienone is 1. The lowest BCUT2D eigenvalue weighted by molar-refractivity contribution is -0.132. The molecule has 0 heterocycles. The summed E-state index contributed by atoms with van der Waals surface area (Å²) >= 11 is 0. The average molecular weight is 248 g/mol. The maximum atomic E-state index is 10.6. The van der Waals surface area contributed by atoms with Gasteiger partial charge in [-0.2, -0.15) is 0 Å². The zero-order chi connectivity index (χ0) is 13.8. The standard InChI is InChI=1S/C15H20O3/c1-11-6-8-13(9-7-11)15(3,18)10-4-5-12(2)14(16)17/h5-9,18H,4,10H2,1-3H3,(H,16,17)/b12-5+. The fourth-order valence-electron chi connectivity index (χ4n) is 1.71. The van der Waals surface area contributed by atoms with Crippen molar-refractivity contribution in [2.24, 2.45) is 0 Å². The molecule has 0 amide bonds. The number of carboxylic acid groups (broad SMARTS) is 1. The second-order valence-electron chi connectivity index (χ2n) is 4.87. The summed E-state index contributed by atoms with van der Waals surface area (Å²) in [5, 5.41) is 19.1. The van der Waals surface area contributed by atoms with Crippen LogP contribution in [0.15, 0.2) is 35.9 Å². The molecule has 98 valence electrons. The van der Waals surface area contributed by atoms with Crippen LogP contribution in [0.25, 0.3) is 0 Å². The van der Waals surface area contributed by atoms with Crippen molar-refractivity contribution in [1.29, 1.82) is 0 Å². The maximum Gasteiger partial charge on any atom is 0.330 e. The Balaban J connectivity index is 2.68. The van der Waals surface area contributed by atoms with Gasteiger partial charge in [-0.15, -0.1) is 0 Å². The molecule has 0 aliphatic heterocycles. The largest absolute Gasteiger partial charge is 0.478 e. The SMILES string of the molecule is C/C(=C\CCC(C)(O)c1ccc(C)cc1)C(=O)O. The minimum Gasteiger partial charge on any atom is -0.478 e. The predicted molar refractivity (Wildman–Crippen MR) is 71.4 cm³/mol. The van der Waals surface area contributed by atoms with Crippen molar-refractivity contribution in [1.82, 2.24) is 0 Å². The number of rotatable bonds is 5. The van der Waals surface area contributed by atoms with Crippen molar-refractivity contribution in [3.63, 3.8) is 0 Å². The molecule has 1 unspecified atom stereocenters. The lowest BCUT2D eigenvalue weighted by atomic mass is 9.90. The number of benzene rings is 1. The van der Waals surface area contributed by atoms with E-state index in [4.69, 9.17) is 5.11 Å². The van der Waals surface area contributed by atoms with E-state index >= 15 is 0 Å². The number of carbonyl (C=O) groups is 1. The molecule has 0 aliphatic rings. The zero-order valence-electron chi connectivity index (χ0n) is 11.1. The van der Waals surface area contributed by atoms with Crippen molar-refractivity contribution in [2.45, 2.75) is 39.2 Å². The van der Waals surface area contributed by atoms with E-state index in [0.717, 1.165) is 11.1 Å². The fraction of sp³-hybridized carbons (Fsp3) is 0.400. The number of aliphatic hydroxyl groups is 1. The summed E-state index contributed by atoms with van der Waals surface area (Å²) in [6.45, 7) is 5.31. The number of carboxylic acids is 1. The van der Waals surface area contributed by atoms with Gasteiger partial charge in [-0.25, -0.2) is 4.79 Å². The summed E-state index contributed by atoms with van der Waals surface area (Å²) in [5.74, 6) is -0.912. The molecule has 1 aromatic rings. The van der Waals surface area contributed by atoms with Crippen molar-refractivity contribution in [3.8, 4) is 0 Å². The van der Waals surface area contributed by atoms with Crippen molar-refractivity contribution in [3.05, 3.63) is 47.0 Å². The summed E-state index contributed by atoms with van der Waals surface area (Å²) < 4.78 is 0. The molecule has 1 aromatic carbocycles. The van der Waals surface area contributed by atoms with Crippen LogP contribution in [-0.4, -0.2) is 16.2 Å². The van der Waals surface area contributed by atoms with E-state index in [1.54, 1.807) is 19.9 Å². The highest BCUT2D eigenvalue weighted by molar-refractivity contribution is 5.85. The van der Waals surface area contributed by atoms with E-state index in [-0.39, 0.29) is 0 Å². The first-order valence-electron chi connectivity index (χ1n) is 6.02. The van der Waals surface area contributed by atoms with Gasteiger partial charge in [0.1, 0.15) is 0 Å². The van der Waals surface area contributed by atoms with Crippen LogP contribution < -0.4 is 0 Å². The normalized spacial score (nSPS) is 15.2. The maximum absolute atomic E-state index is 10.6. The quantitative estimate of drug-likeness (QED) is 0.787. The van der Waals surface area contributed by atoms with Crippen LogP contribution in [-0.2, 0) is 10.4 Å². The van der Waals surface area contributed by atoms with Gasteiger partial charge in [-0.3, -0.25) is 0 Å². The molecule has 18 heavy (non-hydrogen) atoms. The molecule has 1 atom stereocenters. The van der Waals surface area contributed by atoms with Crippen LogP contribution in [0.3, 0.4) is 0 Å². The molecular weight excluding hydrogens is 228 g/mol. The molecule has 0 spiro atoms. The molecule has 3 heteroatoms. The van der Waals surface area contributed by atoms with E-state index in [0.29, 0.717) is 18.4 Å². The summed E-state index contributed by atoms with van der Waals surface area (Å²) in [6, 6.07) is 7.73. The van der Waals surface area contributed by atoms with E-state index in [1.165, 1.54) is 0 Å². The number of hydrogen-bond acceptors (Lipinski definition) is 2. The highest BCUT2D eigenvalue weighted by Gasteiger charge is 2.21. The van der Waals surface area contributed by atoms with E-state index in [2.05, 4.69) is 0 Å². The highest BCUT2D eigenvalue weighted by Crippen LogP contribution is 2.26. The minimum absolute atomic E-state index is 0.315. The summed E-state index contributed by atoms with van der Waals surface area (Å²) in [6.07, 6.45) is 2.69. The number of aliphatic carboxylic acids is 1. The van der Waals surface area contributed by atoms with Gasteiger partial charge >= 0.3 is 5.97 Å². The molecule has 0 aliphatic carbocycles. The molecule has 1 rings (SSSR count). The molecule has 0 aromatic heterocycles. The van der Waals surface area contributed by atoms with Gasteiger partial charge in [0.25, 0.3) is 0 Å². The Labute approximate surface area is 108 Å². The average Bonchev–Trinajstić information content (AvgIpc) is 2.29. The fourth-order valence-corrected chi connectivity index (χ4v) is 1.71. The van der Waals surface area contributed by atoms with E-state index < -0.39 is 11.6 Å². The third-order valence-electron chi connectivity index (χ3n) is 3.09. The molecular formula is C15H20O3. The van der Waals surface area contributed by atoms with Crippen LogP contribution in [0.4, 0.5) is 0 Å². The molecule has 2 N–H and O–H groups in total. The van der Waals surface area contributed by atoms with Gasteiger partial charge in [0.05, 0.1) is 5.60 Å². The van der Waals surface area contributed by atoms with Crippen LogP contribution in [0.1, 0.15) is 37.8 Å². The lowest BCUT2D eigenvalue weighted by Gasteiger charge is -2.23. The molecule has 0 saturated carbocycles. The third-order valence-corrected chi connectivity index (χ3v) is 3.09. The molecule has 0 fully saturated rings. The van der Waals surface area contributed by atoms with Crippen molar-refractivity contribution >= 4 is 5.97 Å². The topological polar surface area (TPSA) is 57.5 Å². The Kier molecular flexibility index (Phi) is 4.68. The lowest BCUT2D eigenvalue weighted by Crippen LogP contribution is -2.20. The first-order chi connectivity index (χ1) is 8.33. The third kappa shape index (κ3) is 4.00. The van der Waals surface area contributed by atoms with Gasteiger partial charge in [0.15, 0.2) is 0 Å². The van der Waals surface area contributed by atoms with Crippen LogP contribution in [0.2, 0.25) is 0 Å². The Hall–Kier alpha value is -1.61. The predicted octanol–water partition coefficient (Wildman–Crippen LogP) is 3.01. The second kappa shape index (κ2) is 5.83. The summed E-state index contributed by atoms with van der Waals surface area (Å²) in [5.41, 5.74) is 1.39. The molecule has 3 nitrogen and oxygen atoms in total. The molecule has 0 radical (unpaired) electrons. The summed E-state index contributed by atoms with van der Waals surface area (Å²) in [4.78, 5) is 10.6. The van der Waals surface area contributed by atoms with Crippen molar-refractivity contribution in [2.75, 3.05) is 0 Å². The van der Waals surface area contributed by atoms with E-state index in [1.807, 2.05) is 31.2 Å². The van der Waals surface area contributed by atoms with Crippen LogP contribution in [0, 0.1) is 6.92 Å². The summed E-state index contributed by atoms with van der Waals surface area (Å²) in [7, 11) is 0. The Morgan fingerprint density at radius 3 is 2.39 bits per heavy atom. The Morgan fingerprint density at radius 2 is 1.89 bits per heavy atom. The Bertz CT molecular complexity index is 441. The number of aryl methyl sites for hydroxylation is 1. The van der Waals surface area contributed by atoms with Gasteiger partial charge in [-0.1, -0.05) is 35.9 Å². The van der Waals surface area contributed by atoms with Crippen LogP contribution >= 0.6 is 0 Å². The van der Waals surface area contributed by atoms with Gasteiger partial charge in [0.2, 0.25) is 0 Å². The monoisotopic (exact) mass is 248 g/mol. The zero-order valence-corrected chi connectivity index (χ0v) is 11.1. The van der Waals surface area contributed by atoms with Gasteiger partial charge < -0.3 is 10.2 Å². The molecule has 0 saturated heterocycles. The Morgan fingerprint density at radius 1 is 1.33 bits per heavy atom. The van der Waals surface area contributed by atoms with Gasteiger partial charge in [0, 0.05) is 5.57 Å². The highest BCUT2D eigenvalue weighted by atomic mass is 16.4. The smallest absolute Gasteiger partial charge is 0.330 e. The molecule has 0 bridgehead atoms. The second-order valence-corrected chi connectivity index (χ2v) is 4.87. The number of hydrogen-bond donors (Lipinski definition) is 2. The first-order valence-corrected chi connectivity index (χ1v) is 6.02. The van der Waals surface area contributed by atoms with E-state index in [9.17, 15) is 9.90 Å². The first kappa shape index (κ1) is 14.5. The minimum atomic E-state index is -0.928. The van der Waals surface area contributed by atoms with Crippen molar-refractivity contribution < 1.29 is 15.0 Å². The van der Waals surface area contributed by atoms with Gasteiger partial charge in [-0.05, 0) is 39.2 Å². The van der Waals surface area contributed by atoms with Crippen LogP contribution in [0.5, 0.6) is 0 Å².